The van der Waals surface area contributed by atoms with Crippen molar-refractivity contribution >= 4 is 0 Å². The van der Waals surface area contributed by atoms with Crippen molar-refractivity contribution in [1.82, 2.24) is 19.9 Å². The average Bonchev–Trinajstić information content (AvgIpc) is 2.30. The van der Waals surface area contributed by atoms with Gasteiger partial charge in [0.25, 0.3) is 0 Å². The zero-order chi connectivity index (χ0) is 9.80. The monoisotopic (exact) mass is 186 g/mol. The maximum Gasteiger partial charge on any atom is 0.197 e. The molecule has 0 bridgehead atoms. The van der Waals surface area contributed by atoms with Crippen molar-refractivity contribution in [2.45, 2.75) is 13.3 Å². The third-order valence-electron chi connectivity index (χ3n) is 1.84. The summed E-state index contributed by atoms with van der Waals surface area (Å²) in [5.41, 5.74) is 1.00. The molecule has 0 saturated heterocycles. The Labute approximate surface area is 82.1 Å². The number of nitrogens with zero attached hydrogens (tertiary/aromatic N) is 4. The molecule has 0 fully saturated rings. The van der Waals surface area contributed by atoms with Crippen molar-refractivity contribution in [3.8, 4) is 11.6 Å². The Bertz CT molecular complexity index is 413. The van der Waals surface area contributed by atoms with Crippen LogP contribution in [0.2, 0.25) is 0 Å². The van der Waals surface area contributed by atoms with E-state index in [2.05, 4.69) is 26.9 Å². The Morgan fingerprint density at radius 2 is 1.71 bits per heavy atom. The lowest BCUT2D eigenvalue weighted by Gasteiger charge is -1.99. The van der Waals surface area contributed by atoms with Gasteiger partial charge >= 0.3 is 0 Å². The van der Waals surface area contributed by atoms with E-state index in [1.54, 1.807) is 24.7 Å². The summed E-state index contributed by atoms with van der Waals surface area (Å²) in [5.74, 6) is 1.16. The summed E-state index contributed by atoms with van der Waals surface area (Å²) in [6, 6.07) is 3.67. The van der Waals surface area contributed by atoms with E-state index in [0.29, 0.717) is 11.6 Å². The zero-order valence-electron chi connectivity index (χ0n) is 7.88. The maximum absolute atomic E-state index is 4.33. The minimum Gasteiger partial charge on any atom is -0.234 e. The fourth-order valence-corrected chi connectivity index (χ4v) is 1.12. The summed E-state index contributed by atoms with van der Waals surface area (Å²) in [7, 11) is 0. The van der Waals surface area contributed by atoms with Gasteiger partial charge in [0.05, 0.1) is 0 Å². The number of rotatable bonds is 2. The first-order chi connectivity index (χ1) is 6.90. The lowest BCUT2D eigenvalue weighted by atomic mass is 10.3. The van der Waals surface area contributed by atoms with Gasteiger partial charge in [-0.05, 0) is 18.6 Å². The molecule has 2 aromatic rings. The van der Waals surface area contributed by atoms with Crippen LogP contribution in [0.1, 0.15) is 12.6 Å². The minimum absolute atomic E-state index is 0.572. The van der Waals surface area contributed by atoms with E-state index < -0.39 is 0 Å². The van der Waals surface area contributed by atoms with E-state index in [0.717, 1.165) is 12.1 Å². The van der Waals surface area contributed by atoms with Crippen LogP contribution in [0.5, 0.6) is 0 Å². The lowest BCUT2D eigenvalue weighted by Crippen LogP contribution is -1.96. The van der Waals surface area contributed by atoms with Gasteiger partial charge in [0.2, 0.25) is 0 Å². The molecule has 0 atom stereocenters. The van der Waals surface area contributed by atoms with Crippen molar-refractivity contribution in [3.63, 3.8) is 0 Å². The summed E-state index contributed by atoms with van der Waals surface area (Å²) >= 11 is 0. The van der Waals surface area contributed by atoms with Gasteiger partial charge in [-0.1, -0.05) is 6.92 Å². The molecular formula is C10H10N4. The second-order valence-electron chi connectivity index (χ2n) is 2.80. The van der Waals surface area contributed by atoms with Crippen LogP contribution in [0.15, 0.2) is 30.7 Å². The van der Waals surface area contributed by atoms with Gasteiger partial charge in [-0.2, -0.15) is 0 Å². The minimum atomic E-state index is 0.572. The average molecular weight is 186 g/mol. The van der Waals surface area contributed by atoms with Crippen LogP contribution in [0, 0.1) is 0 Å². The molecule has 4 nitrogen and oxygen atoms in total. The standard InChI is InChI=1S/C10H10N4/c1-2-8-4-7-13-10(14-8)9-11-5-3-6-12-9/h3-7H,2H2,1H3. The predicted molar refractivity (Wildman–Crippen MR) is 52.4 cm³/mol. The first kappa shape index (κ1) is 8.74. The number of aromatic nitrogens is 4. The molecule has 4 heteroatoms. The third-order valence-corrected chi connectivity index (χ3v) is 1.84. The highest BCUT2D eigenvalue weighted by atomic mass is 15.0. The molecule has 2 heterocycles. The van der Waals surface area contributed by atoms with Crippen LogP contribution in [0.3, 0.4) is 0 Å². The predicted octanol–water partition coefficient (Wildman–Crippen LogP) is 1.50. The van der Waals surface area contributed by atoms with Gasteiger partial charge < -0.3 is 0 Å². The van der Waals surface area contributed by atoms with E-state index in [1.807, 2.05) is 6.07 Å². The maximum atomic E-state index is 4.33. The Balaban J connectivity index is 2.42. The van der Waals surface area contributed by atoms with E-state index in [9.17, 15) is 0 Å². The van der Waals surface area contributed by atoms with Crippen LogP contribution in [-0.4, -0.2) is 19.9 Å². The highest BCUT2D eigenvalue weighted by Crippen LogP contribution is 2.07. The van der Waals surface area contributed by atoms with Crippen molar-refractivity contribution < 1.29 is 0 Å². The third kappa shape index (κ3) is 1.74. The van der Waals surface area contributed by atoms with E-state index in [1.165, 1.54) is 0 Å². The molecule has 0 aromatic carbocycles. The van der Waals surface area contributed by atoms with Crippen molar-refractivity contribution in [1.29, 1.82) is 0 Å². The zero-order valence-corrected chi connectivity index (χ0v) is 7.88. The molecule has 0 radical (unpaired) electrons. The number of aryl methyl sites for hydroxylation is 1. The molecule has 14 heavy (non-hydrogen) atoms. The van der Waals surface area contributed by atoms with Crippen LogP contribution in [-0.2, 0) is 6.42 Å². The first-order valence-electron chi connectivity index (χ1n) is 4.49. The second-order valence-corrected chi connectivity index (χ2v) is 2.80. The quantitative estimate of drug-likeness (QED) is 0.713. The molecule has 0 aliphatic rings. The van der Waals surface area contributed by atoms with Crippen LogP contribution in [0.25, 0.3) is 11.6 Å². The highest BCUT2D eigenvalue weighted by molar-refractivity contribution is 5.41. The van der Waals surface area contributed by atoms with Gasteiger partial charge in [-0.15, -0.1) is 0 Å². The molecule has 2 rings (SSSR count). The van der Waals surface area contributed by atoms with E-state index in [4.69, 9.17) is 0 Å². The van der Waals surface area contributed by atoms with Gasteiger partial charge in [0.1, 0.15) is 0 Å². The molecule has 0 aliphatic heterocycles. The molecule has 70 valence electrons. The normalized spacial score (nSPS) is 10.1. The number of hydrogen-bond acceptors (Lipinski definition) is 4. The van der Waals surface area contributed by atoms with Crippen LogP contribution in [0.4, 0.5) is 0 Å². The molecular weight excluding hydrogens is 176 g/mol. The summed E-state index contributed by atoms with van der Waals surface area (Å²) in [6.45, 7) is 2.05. The fourth-order valence-electron chi connectivity index (χ4n) is 1.12. The van der Waals surface area contributed by atoms with Gasteiger partial charge in [-0.3, -0.25) is 0 Å². The number of hydrogen-bond donors (Lipinski definition) is 0. The fraction of sp³-hybridized carbons (Fsp3) is 0.200. The SMILES string of the molecule is CCc1ccnc(-c2ncccn2)n1. The summed E-state index contributed by atoms with van der Waals surface area (Å²) in [6.07, 6.45) is 5.99. The van der Waals surface area contributed by atoms with Crippen LogP contribution >= 0.6 is 0 Å². The highest BCUT2D eigenvalue weighted by Gasteiger charge is 2.02. The molecule has 2 aromatic heterocycles. The van der Waals surface area contributed by atoms with Crippen molar-refractivity contribution in [2.24, 2.45) is 0 Å². The smallest absolute Gasteiger partial charge is 0.197 e. The Morgan fingerprint density at radius 1 is 1.00 bits per heavy atom. The van der Waals surface area contributed by atoms with E-state index >= 15 is 0 Å². The van der Waals surface area contributed by atoms with Gasteiger partial charge in [-0.25, -0.2) is 19.9 Å². The molecule has 0 saturated carbocycles. The summed E-state index contributed by atoms with van der Waals surface area (Å²) in [5, 5.41) is 0. The van der Waals surface area contributed by atoms with Crippen molar-refractivity contribution in [3.05, 3.63) is 36.4 Å². The van der Waals surface area contributed by atoms with Gasteiger partial charge in [0, 0.05) is 24.3 Å². The summed E-state index contributed by atoms with van der Waals surface area (Å²) in [4.78, 5) is 16.6. The van der Waals surface area contributed by atoms with E-state index in [-0.39, 0.29) is 0 Å². The Morgan fingerprint density at radius 3 is 2.43 bits per heavy atom. The Kier molecular flexibility index (Phi) is 2.44. The van der Waals surface area contributed by atoms with Crippen molar-refractivity contribution in [2.75, 3.05) is 0 Å². The molecule has 0 unspecified atom stereocenters. The second kappa shape index (κ2) is 3.91. The molecule has 0 aliphatic carbocycles. The van der Waals surface area contributed by atoms with Gasteiger partial charge in [0.15, 0.2) is 11.6 Å². The summed E-state index contributed by atoms with van der Waals surface area (Å²) < 4.78 is 0. The molecule has 0 N–H and O–H groups in total. The lowest BCUT2D eigenvalue weighted by molar-refractivity contribution is 0.984. The largest absolute Gasteiger partial charge is 0.234 e. The first-order valence-corrected chi connectivity index (χ1v) is 4.49. The Hall–Kier alpha value is -1.84. The van der Waals surface area contributed by atoms with Crippen LogP contribution < -0.4 is 0 Å². The molecule has 0 amide bonds. The molecule has 0 spiro atoms. The topological polar surface area (TPSA) is 51.6 Å².